The van der Waals surface area contributed by atoms with Gasteiger partial charge in [0.05, 0.1) is 12.9 Å². The second-order valence-corrected chi connectivity index (χ2v) is 8.90. The van der Waals surface area contributed by atoms with Gasteiger partial charge in [0.2, 0.25) is 5.91 Å². The fourth-order valence-corrected chi connectivity index (χ4v) is 5.60. The number of methoxy groups -OCH3 is 1. The molecule has 1 aliphatic rings. The molecule has 2 aromatic heterocycles. The average Bonchev–Trinajstić information content (AvgIpc) is 3.23. The van der Waals surface area contributed by atoms with Crippen LogP contribution in [0.2, 0.25) is 0 Å². The zero-order chi connectivity index (χ0) is 19.6. The third-order valence-electron chi connectivity index (χ3n) is 4.97. The molecule has 6 nitrogen and oxygen atoms in total. The minimum Gasteiger partial charge on any atom is -0.467 e. The Bertz CT molecular complexity index is 865. The van der Waals surface area contributed by atoms with E-state index < -0.39 is 12.0 Å². The number of thioether (sulfide) groups is 1. The quantitative estimate of drug-likeness (QED) is 0.431. The number of hydrogen-bond donors (Lipinski definition) is 1. The number of carbonyl (C=O) groups excluding carboxylic acids is 2. The summed E-state index contributed by atoms with van der Waals surface area (Å²) in [5.74, 6) is 0.350. The number of fused-ring (bicyclic) bond motifs is 3. The Balaban J connectivity index is 1.74. The average molecular weight is 408 g/mol. The lowest BCUT2D eigenvalue weighted by molar-refractivity contribution is -0.146. The fraction of sp³-hybridized carbons (Fsp3) is 0.579. The predicted molar refractivity (Wildman–Crippen MR) is 108 cm³/mol. The Morgan fingerprint density at radius 2 is 2.11 bits per heavy atom. The molecule has 0 aromatic carbocycles. The van der Waals surface area contributed by atoms with Crippen LogP contribution in [-0.2, 0) is 27.2 Å². The van der Waals surface area contributed by atoms with Crippen LogP contribution in [0.4, 0.5) is 0 Å². The molecule has 1 aliphatic carbocycles. The highest BCUT2D eigenvalue weighted by Crippen LogP contribution is 2.40. The number of amides is 1. The van der Waals surface area contributed by atoms with E-state index in [0.29, 0.717) is 0 Å². The third-order valence-corrected chi connectivity index (χ3v) is 7.13. The predicted octanol–water partition coefficient (Wildman–Crippen LogP) is 3.28. The van der Waals surface area contributed by atoms with E-state index in [2.05, 4.69) is 15.3 Å². The van der Waals surface area contributed by atoms with Gasteiger partial charge in [-0.1, -0.05) is 32.0 Å². The number of hydrogen-bond acceptors (Lipinski definition) is 7. The lowest BCUT2D eigenvalue weighted by Crippen LogP contribution is -2.46. The summed E-state index contributed by atoms with van der Waals surface area (Å²) in [6, 6.07) is -0.620. The summed E-state index contributed by atoms with van der Waals surface area (Å²) in [5, 5.41) is 4.80. The molecule has 1 N–H and O–H groups in total. The van der Waals surface area contributed by atoms with Gasteiger partial charge in [-0.15, -0.1) is 11.3 Å². The van der Waals surface area contributed by atoms with Crippen molar-refractivity contribution >= 4 is 45.2 Å². The second kappa shape index (κ2) is 8.56. The molecule has 0 saturated heterocycles. The van der Waals surface area contributed by atoms with E-state index in [1.807, 2.05) is 20.8 Å². The maximum absolute atomic E-state index is 12.5. The van der Waals surface area contributed by atoms with Gasteiger partial charge in [0.25, 0.3) is 0 Å². The standard InChI is InChI=1S/C19H25N3O3S2/c1-5-10(2)16(19(24)25-4)22-14(23)9-26-17-15-12-7-6-8-13(12)27-18(15)21-11(3)20-17/h10,16H,5-9H2,1-4H3,(H,22,23)/t10-,16+/m1/s1. The molecule has 2 heterocycles. The highest BCUT2D eigenvalue weighted by atomic mass is 32.2. The number of thiophene rings is 1. The second-order valence-electron chi connectivity index (χ2n) is 6.86. The van der Waals surface area contributed by atoms with Crippen molar-refractivity contribution in [3.63, 3.8) is 0 Å². The van der Waals surface area contributed by atoms with Gasteiger partial charge >= 0.3 is 5.97 Å². The molecule has 8 heteroatoms. The first-order valence-corrected chi connectivity index (χ1v) is 11.0. The summed E-state index contributed by atoms with van der Waals surface area (Å²) in [4.78, 5) is 36.0. The van der Waals surface area contributed by atoms with Crippen LogP contribution in [0.15, 0.2) is 5.03 Å². The normalized spacial score (nSPS) is 15.4. The third kappa shape index (κ3) is 4.27. The number of nitrogens with zero attached hydrogens (tertiary/aromatic N) is 2. The number of esters is 1. The molecule has 2 atom stereocenters. The monoisotopic (exact) mass is 407 g/mol. The maximum Gasteiger partial charge on any atom is 0.328 e. The first-order chi connectivity index (χ1) is 12.9. The van der Waals surface area contributed by atoms with Gasteiger partial charge in [0, 0.05) is 10.3 Å². The largest absolute Gasteiger partial charge is 0.467 e. The first kappa shape index (κ1) is 20.1. The van der Waals surface area contributed by atoms with Crippen LogP contribution in [0, 0.1) is 12.8 Å². The van der Waals surface area contributed by atoms with Crippen molar-refractivity contribution < 1.29 is 14.3 Å². The van der Waals surface area contributed by atoms with Crippen molar-refractivity contribution in [1.29, 1.82) is 0 Å². The molecule has 3 rings (SSSR count). The molecule has 0 saturated carbocycles. The van der Waals surface area contributed by atoms with Gasteiger partial charge in [-0.3, -0.25) is 4.79 Å². The van der Waals surface area contributed by atoms with Crippen molar-refractivity contribution in [3.05, 3.63) is 16.3 Å². The Kier molecular flexibility index (Phi) is 6.37. The van der Waals surface area contributed by atoms with Crippen LogP contribution < -0.4 is 5.32 Å². The molecule has 0 aliphatic heterocycles. The van der Waals surface area contributed by atoms with Crippen LogP contribution in [-0.4, -0.2) is 40.7 Å². The molecule has 2 aromatic rings. The lowest BCUT2D eigenvalue weighted by atomic mass is 9.99. The zero-order valence-corrected chi connectivity index (χ0v) is 17.8. The molecule has 146 valence electrons. The summed E-state index contributed by atoms with van der Waals surface area (Å²) < 4.78 is 4.83. The van der Waals surface area contributed by atoms with Gasteiger partial charge in [-0.05, 0) is 37.7 Å². The van der Waals surface area contributed by atoms with E-state index in [1.54, 1.807) is 11.3 Å². The SMILES string of the molecule is CC[C@@H](C)[C@H](NC(=O)CSc1nc(C)nc2sc3c(c12)CCC3)C(=O)OC. The van der Waals surface area contributed by atoms with Crippen LogP contribution in [0.3, 0.4) is 0 Å². The number of aryl methyl sites for hydroxylation is 3. The Labute approximate surface area is 167 Å². The number of nitrogens with one attached hydrogen (secondary N) is 1. The summed E-state index contributed by atoms with van der Waals surface area (Å²) >= 11 is 3.16. The summed E-state index contributed by atoms with van der Waals surface area (Å²) in [7, 11) is 1.34. The maximum atomic E-state index is 12.5. The van der Waals surface area contributed by atoms with Gasteiger partial charge in [-0.25, -0.2) is 14.8 Å². The summed E-state index contributed by atoms with van der Waals surface area (Å²) in [6.45, 7) is 5.80. The van der Waals surface area contributed by atoms with E-state index in [0.717, 1.165) is 40.3 Å². The Morgan fingerprint density at radius 1 is 1.33 bits per heavy atom. The van der Waals surface area contributed by atoms with Crippen molar-refractivity contribution in [2.75, 3.05) is 12.9 Å². The molecule has 0 spiro atoms. The van der Waals surface area contributed by atoms with Crippen molar-refractivity contribution in [2.24, 2.45) is 5.92 Å². The molecule has 27 heavy (non-hydrogen) atoms. The highest BCUT2D eigenvalue weighted by Gasteiger charge is 2.27. The van der Waals surface area contributed by atoms with E-state index in [-0.39, 0.29) is 17.6 Å². The smallest absolute Gasteiger partial charge is 0.328 e. The van der Waals surface area contributed by atoms with Crippen LogP contribution in [0.25, 0.3) is 10.2 Å². The highest BCUT2D eigenvalue weighted by molar-refractivity contribution is 8.00. The number of rotatable bonds is 7. The lowest BCUT2D eigenvalue weighted by Gasteiger charge is -2.21. The summed E-state index contributed by atoms with van der Waals surface area (Å²) in [5.41, 5.74) is 1.35. The van der Waals surface area contributed by atoms with Crippen molar-refractivity contribution in [3.8, 4) is 0 Å². The molecular weight excluding hydrogens is 382 g/mol. The van der Waals surface area contributed by atoms with Crippen molar-refractivity contribution in [2.45, 2.75) is 57.5 Å². The van der Waals surface area contributed by atoms with Gasteiger partial charge in [0.15, 0.2) is 0 Å². The zero-order valence-electron chi connectivity index (χ0n) is 16.1. The minimum absolute atomic E-state index is 0.0135. The van der Waals surface area contributed by atoms with Gasteiger partial charge in [0.1, 0.15) is 21.7 Å². The number of carbonyl (C=O) groups is 2. The van der Waals surface area contributed by atoms with Crippen LogP contribution in [0.5, 0.6) is 0 Å². The van der Waals surface area contributed by atoms with Gasteiger partial charge < -0.3 is 10.1 Å². The molecule has 0 unspecified atom stereocenters. The fourth-order valence-electron chi connectivity index (χ4n) is 3.31. The molecule has 0 fully saturated rings. The molecule has 1 amide bonds. The Morgan fingerprint density at radius 3 is 2.81 bits per heavy atom. The van der Waals surface area contributed by atoms with E-state index >= 15 is 0 Å². The number of aromatic nitrogens is 2. The minimum atomic E-state index is -0.620. The van der Waals surface area contributed by atoms with Crippen LogP contribution in [0.1, 0.15) is 43.0 Å². The topological polar surface area (TPSA) is 81.2 Å². The first-order valence-electron chi connectivity index (χ1n) is 9.23. The molecule has 0 radical (unpaired) electrons. The van der Waals surface area contributed by atoms with Crippen molar-refractivity contribution in [1.82, 2.24) is 15.3 Å². The van der Waals surface area contributed by atoms with E-state index in [9.17, 15) is 9.59 Å². The van der Waals surface area contributed by atoms with Gasteiger partial charge in [-0.2, -0.15) is 0 Å². The van der Waals surface area contributed by atoms with Crippen LogP contribution >= 0.6 is 23.1 Å². The molecule has 0 bridgehead atoms. The molecular formula is C19H25N3O3S2. The van der Waals surface area contributed by atoms with E-state index in [4.69, 9.17) is 4.74 Å². The van der Waals surface area contributed by atoms with E-state index in [1.165, 1.54) is 35.7 Å². The number of ether oxygens (including phenoxy) is 1. The Hall–Kier alpha value is -1.67. The summed E-state index contributed by atoms with van der Waals surface area (Å²) in [6.07, 6.45) is 4.11.